The van der Waals surface area contributed by atoms with E-state index in [1.54, 1.807) is 24.2 Å². The Balaban J connectivity index is 2.33. The Labute approximate surface area is 108 Å². The van der Waals surface area contributed by atoms with Crippen LogP contribution in [0.1, 0.15) is 24.4 Å². The van der Waals surface area contributed by atoms with E-state index < -0.39 is 10.0 Å². The van der Waals surface area contributed by atoms with Crippen molar-refractivity contribution in [1.29, 1.82) is 0 Å². The molecule has 0 spiro atoms. The Bertz CT molecular complexity index is 521. The minimum Gasteiger partial charge on any atom is -0.465 e. The van der Waals surface area contributed by atoms with Gasteiger partial charge in [0.05, 0.1) is 0 Å². The summed E-state index contributed by atoms with van der Waals surface area (Å²) < 4.78 is 32.1. The van der Waals surface area contributed by atoms with Crippen LogP contribution in [0.5, 0.6) is 0 Å². The van der Waals surface area contributed by atoms with E-state index in [-0.39, 0.29) is 6.04 Å². The van der Waals surface area contributed by atoms with Crippen molar-refractivity contribution >= 4 is 10.0 Å². The summed E-state index contributed by atoms with van der Waals surface area (Å²) in [5.74, 6) is 1.11. The van der Waals surface area contributed by atoms with Gasteiger partial charge in [-0.3, -0.25) is 0 Å². The lowest BCUT2D eigenvalue weighted by Crippen LogP contribution is -2.40. The third-order valence-electron chi connectivity index (χ3n) is 3.34. The Morgan fingerprint density at radius 1 is 1.50 bits per heavy atom. The van der Waals surface area contributed by atoms with Gasteiger partial charge in [0.2, 0.25) is 10.0 Å². The van der Waals surface area contributed by atoms with Crippen LogP contribution >= 0.6 is 0 Å². The molecule has 0 amide bonds. The number of aryl methyl sites for hydroxylation is 2. The fourth-order valence-electron chi connectivity index (χ4n) is 2.56. The van der Waals surface area contributed by atoms with Crippen molar-refractivity contribution in [2.45, 2.75) is 37.6 Å². The highest BCUT2D eigenvalue weighted by molar-refractivity contribution is 7.89. The second-order valence-electron chi connectivity index (χ2n) is 4.75. The van der Waals surface area contributed by atoms with Crippen molar-refractivity contribution < 1.29 is 12.8 Å². The summed E-state index contributed by atoms with van der Waals surface area (Å²) in [6, 6.07) is 1.66. The van der Waals surface area contributed by atoms with Gasteiger partial charge in [0, 0.05) is 19.1 Å². The minimum absolute atomic E-state index is 0.0506. The molecule has 102 valence electrons. The molecule has 0 unspecified atom stereocenters. The van der Waals surface area contributed by atoms with E-state index >= 15 is 0 Å². The maximum atomic E-state index is 12.6. The molecule has 2 rings (SSSR count). The molecule has 1 aliphatic rings. The van der Waals surface area contributed by atoms with Gasteiger partial charge in [0.25, 0.3) is 0 Å². The maximum Gasteiger partial charge on any atom is 0.246 e. The van der Waals surface area contributed by atoms with Crippen LogP contribution in [0, 0.1) is 13.8 Å². The number of sulfonamides is 1. The molecular weight excluding hydrogens is 252 g/mol. The normalized spacial score (nSPS) is 21.6. The van der Waals surface area contributed by atoms with Crippen molar-refractivity contribution in [2.75, 3.05) is 20.1 Å². The molecule has 0 radical (unpaired) electrons. The predicted molar refractivity (Wildman–Crippen MR) is 69.0 cm³/mol. The second kappa shape index (κ2) is 5.03. The number of likely N-dealkylation sites (N-methyl/N-ethyl adjacent to an activating group) is 1. The number of nitrogens with zero attached hydrogens (tertiary/aromatic N) is 1. The van der Waals surface area contributed by atoms with E-state index in [0.29, 0.717) is 29.5 Å². The summed E-state index contributed by atoms with van der Waals surface area (Å²) in [7, 11) is -1.58. The first-order chi connectivity index (χ1) is 8.46. The van der Waals surface area contributed by atoms with Crippen LogP contribution in [0.3, 0.4) is 0 Å². The van der Waals surface area contributed by atoms with Gasteiger partial charge in [0.15, 0.2) is 0 Å². The van der Waals surface area contributed by atoms with Crippen molar-refractivity contribution in [3.63, 3.8) is 0 Å². The molecule has 1 saturated heterocycles. The van der Waals surface area contributed by atoms with Crippen LogP contribution in [-0.4, -0.2) is 38.9 Å². The zero-order valence-corrected chi connectivity index (χ0v) is 11.9. The molecule has 5 nitrogen and oxygen atoms in total. The molecule has 0 saturated carbocycles. The molecule has 2 heterocycles. The number of hydrogen-bond donors (Lipinski definition) is 1. The molecule has 0 aliphatic carbocycles. The zero-order valence-electron chi connectivity index (χ0n) is 11.1. The number of nitrogens with one attached hydrogen (secondary N) is 1. The van der Waals surface area contributed by atoms with E-state index in [1.807, 2.05) is 7.05 Å². The molecular formula is C12H20N2O3S. The van der Waals surface area contributed by atoms with E-state index in [4.69, 9.17) is 4.42 Å². The molecule has 6 heteroatoms. The van der Waals surface area contributed by atoms with Gasteiger partial charge in [-0.15, -0.1) is 0 Å². The summed E-state index contributed by atoms with van der Waals surface area (Å²) in [4.78, 5) is 0.308. The Kier molecular flexibility index (Phi) is 3.79. The third-order valence-corrected chi connectivity index (χ3v) is 5.40. The quantitative estimate of drug-likeness (QED) is 0.896. The van der Waals surface area contributed by atoms with Gasteiger partial charge in [-0.1, -0.05) is 0 Å². The Morgan fingerprint density at radius 3 is 2.78 bits per heavy atom. The molecule has 0 aromatic carbocycles. The van der Waals surface area contributed by atoms with Crippen molar-refractivity contribution in [3.05, 3.63) is 17.6 Å². The molecule has 1 N–H and O–H groups in total. The summed E-state index contributed by atoms with van der Waals surface area (Å²) in [6.45, 7) is 4.75. The summed E-state index contributed by atoms with van der Waals surface area (Å²) in [5.41, 5.74) is 0. The van der Waals surface area contributed by atoms with Gasteiger partial charge < -0.3 is 9.73 Å². The molecule has 1 aromatic rings. The summed E-state index contributed by atoms with van der Waals surface area (Å²) >= 11 is 0. The topological polar surface area (TPSA) is 62.6 Å². The van der Waals surface area contributed by atoms with E-state index in [2.05, 4.69) is 5.32 Å². The third kappa shape index (κ3) is 2.32. The smallest absolute Gasteiger partial charge is 0.246 e. The SMILES string of the molecule is CNC[C@H]1CCCN1S(=O)(=O)c1cc(C)oc1C. The molecule has 1 aliphatic heterocycles. The number of furan rings is 1. The highest BCUT2D eigenvalue weighted by atomic mass is 32.2. The average Bonchev–Trinajstić information content (AvgIpc) is 2.86. The van der Waals surface area contributed by atoms with E-state index in [1.165, 1.54) is 0 Å². The van der Waals surface area contributed by atoms with E-state index in [0.717, 1.165) is 12.8 Å². The van der Waals surface area contributed by atoms with Gasteiger partial charge in [-0.05, 0) is 39.8 Å². The molecule has 1 fully saturated rings. The minimum atomic E-state index is -3.42. The molecule has 1 atom stereocenters. The van der Waals surface area contributed by atoms with Crippen LogP contribution in [-0.2, 0) is 10.0 Å². The first-order valence-corrected chi connectivity index (χ1v) is 7.64. The van der Waals surface area contributed by atoms with Gasteiger partial charge in [-0.25, -0.2) is 8.42 Å². The average molecular weight is 272 g/mol. The highest BCUT2D eigenvalue weighted by Gasteiger charge is 2.36. The maximum absolute atomic E-state index is 12.6. The highest BCUT2D eigenvalue weighted by Crippen LogP contribution is 2.29. The van der Waals surface area contributed by atoms with Gasteiger partial charge >= 0.3 is 0 Å². The lowest BCUT2D eigenvalue weighted by Gasteiger charge is -2.23. The monoisotopic (exact) mass is 272 g/mol. The standard InChI is InChI=1S/C12H20N2O3S/c1-9-7-12(10(2)17-9)18(15,16)14-6-4-5-11(14)8-13-3/h7,11,13H,4-6,8H2,1-3H3/t11-/m1/s1. The fraction of sp³-hybridized carbons (Fsp3) is 0.667. The van der Waals surface area contributed by atoms with Crippen molar-refractivity contribution in [3.8, 4) is 0 Å². The van der Waals surface area contributed by atoms with E-state index in [9.17, 15) is 8.42 Å². The van der Waals surface area contributed by atoms with Crippen LogP contribution in [0.25, 0.3) is 0 Å². The Morgan fingerprint density at radius 2 is 2.22 bits per heavy atom. The molecule has 1 aromatic heterocycles. The lowest BCUT2D eigenvalue weighted by atomic mass is 10.2. The van der Waals surface area contributed by atoms with Crippen molar-refractivity contribution in [2.24, 2.45) is 0 Å². The number of rotatable bonds is 4. The zero-order chi connectivity index (χ0) is 13.3. The lowest BCUT2D eigenvalue weighted by molar-refractivity contribution is 0.378. The fourth-order valence-corrected chi connectivity index (χ4v) is 4.47. The second-order valence-corrected chi connectivity index (χ2v) is 6.61. The Hall–Kier alpha value is -0.850. The first kappa shape index (κ1) is 13.6. The van der Waals surface area contributed by atoms with Crippen LogP contribution in [0.15, 0.2) is 15.4 Å². The van der Waals surface area contributed by atoms with Gasteiger partial charge in [-0.2, -0.15) is 4.31 Å². The van der Waals surface area contributed by atoms with Crippen LogP contribution < -0.4 is 5.32 Å². The number of hydrogen-bond acceptors (Lipinski definition) is 4. The van der Waals surface area contributed by atoms with Crippen LogP contribution in [0.4, 0.5) is 0 Å². The predicted octanol–water partition coefficient (Wildman–Crippen LogP) is 1.27. The van der Waals surface area contributed by atoms with Gasteiger partial charge in [0.1, 0.15) is 16.4 Å². The molecule has 18 heavy (non-hydrogen) atoms. The molecule has 0 bridgehead atoms. The van der Waals surface area contributed by atoms with Crippen molar-refractivity contribution in [1.82, 2.24) is 9.62 Å². The summed E-state index contributed by atoms with van der Waals surface area (Å²) in [5, 5.41) is 3.05. The van der Waals surface area contributed by atoms with Crippen LogP contribution in [0.2, 0.25) is 0 Å². The first-order valence-electron chi connectivity index (χ1n) is 6.20. The summed E-state index contributed by atoms with van der Waals surface area (Å²) in [6.07, 6.45) is 1.83. The largest absolute Gasteiger partial charge is 0.465 e.